The number of rotatable bonds is 3. The predicted molar refractivity (Wildman–Crippen MR) is 38.0 cm³/mol. The summed E-state index contributed by atoms with van der Waals surface area (Å²) >= 11 is 0. The molecule has 0 aliphatic carbocycles. The van der Waals surface area contributed by atoms with Gasteiger partial charge in [-0.15, -0.1) is 0 Å². The molecule has 0 spiro atoms. The Hall–Kier alpha value is -1.36. The lowest BCUT2D eigenvalue weighted by Crippen LogP contribution is -2.27. The molecule has 1 aromatic heterocycles. The Morgan fingerprint density at radius 1 is 1.82 bits per heavy atom. The first-order valence-corrected chi connectivity index (χ1v) is 3.23. The Labute approximate surface area is 63.5 Å². The van der Waals surface area contributed by atoms with Gasteiger partial charge in [-0.05, 0) is 0 Å². The van der Waals surface area contributed by atoms with Crippen LogP contribution in [0.25, 0.3) is 0 Å². The van der Waals surface area contributed by atoms with E-state index < -0.39 is 0 Å². The third-order valence-electron chi connectivity index (χ3n) is 1.11. The zero-order valence-corrected chi connectivity index (χ0v) is 5.87. The van der Waals surface area contributed by atoms with Gasteiger partial charge in [-0.25, -0.2) is 4.98 Å². The second kappa shape index (κ2) is 3.72. The summed E-state index contributed by atoms with van der Waals surface area (Å²) in [4.78, 5) is 17.3. The van der Waals surface area contributed by atoms with E-state index in [1.54, 1.807) is 6.20 Å². The molecule has 0 aliphatic rings. The Kier molecular flexibility index (Phi) is 2.62. The van der Waals surface area contributed by atoms with Gasteiger partial charge in [0.15, 0.2) is 5.82 Å². The maximum absolute atomic E-state index is 10.9. The number of aliphatic hydroxyl groups is 1. The lowest BCUT2D eigenvalue weighted by Gasteiger charge is -1.97. The van der Waals surface area contributed by atoms with E-state index in [1.807, 2.05) is 0 Å². The predicted octanol–water partition coefficient (Wildman–Crippen LogP) is -0.868. The third kappa shape index (κ3) is 2.05. The molecule has 3 N–H and O–H groups in total. The number of aromatic amines is 1. The minimum atomic E-state index is -0.302. The minimum absolute atomic E-state index is 0.0630. The summed E-state index contributed by atoms with van der Waals surface area (Å²) in [7, 11) is 0. The number of aromatic nitrogens is 2. The van der Waals surface area contributed by atoms with E-state index in [0.29, 0.717) is 0 Å². The number of carbonyl (C=O) groups excluding carboxylic acids is 1. The largest absolute Gasteiger partial charge is 0.395 e. The van der Waals surface area contributed by atoms with Crippen molar-refractivity contribution in [2.75, 3.05) is 13.2 Å². The Morgan fingerprint density at radius 2 is 2.64 bits per heavy atom. The van der Waals surface area contributed by atoms with Crippen molar-refractivity contribution in [1.29, 1.82) is 0 Å². The van der Waals surface area contributed by atoms with Crippen LogP contribution in [0.3, 0.4) is 0 Å². The summed E-state index contributed by atoms with van der Waals surface area (Å²) in [5.74, 6) is -0.0394. The number of H-pyrrole nitrogens is 1. The fraction of sp³-hybridized carbons (Fsp3) is 0.333. The molecule has 0 bridgehead atoms. The molecule has 1 heterocycles. The van der Waals surface area contributed by atoms with Gasteiger partial charge in [0.1, 0.15) is 0 Å². The van der Waals surface area contributed by atoms with Crippen LogP contribution in [0.2, 0.25) is 0 Å². The van der Waals surface area contributed by atoms with E-state index in [1.165, 1.54) is 6.20 Å². The molecule has 0 unspecified atom stereocenters. The molecule has 60 valence electrons. The fourth-order valence-corrected chi connectivity index (χ4v) is 0.643. The Morgan fingerprint density at radius 3 is 3.18 bits per heavy atom. The van der Waals surface area contributed by atoms with Crippen LogP contribution < -0.4 is 5.32 Å². The van der Waals surface area contributed by atoms with E-state index in [4.69, 9.17) is 5.11 Å². The second-order valence-corrected chi connectivity index (χ2v) is 1.92. The van der Waals surface area contributed by atoms with Crippen molar-refractivity contribution in [3.05, 3.63) is 18.2 Å². The van der Waals surface area contributed by atoms with Crippen LogP contribution in [0.5, 0.6) is 0 Å². The normalized spacial score (nSPS) is 9.55. The molecule has 5 heteroatoms. The first kappa shape index (κ1) is 7.74. The zero-order valence-electron chi connectivity index (χ0n) is 5.87. The van der Waals surface area contributed by atoms with Gasteiger partial charge in [-0.3, -0.25) is 4.79 Å². The first-order chi connectivity index (χ1) is 5.34. The average molecular weight is 155 g/mol. The monoisotopic (exact) mass is 155 g/mol. The molecule has 0 aliphatic heterocycles. The molecule has 11 heavy (non-hydrogen) atoms. The van der Waals surface area contributed by atoms with Gasteiger partial charge in [0.2, 0.25) is 0 Å². The molecule has 1 amide bonds. The molecule has 0 saturated carbocycles. The Bertz CT molecular complexity index is 220. The highest BCUT2D eigenvalue weighted by Crippen LogP contribution is 1.85. The van der Waals surface area contributed by atoms with Crippen molar-refractivity contribution in [2.45, 2.75) is 0 Å². The number of nitrogens with one attached hydrogen (secondary N) is 2. The lowest BCUT2D eigenvalue weighted by atomic mass is 10.5. The molecular formula is C6H9N3O2. The van der Waals surface area contributed by atoms with Crippen molar-refractivity contribution in [1.82, 2.24) is 15.3 Å². The van der Waals surface area contributed by atoms with E-state index in [0.717, 1.165) is 0 Å². The van der Waals surface area contributed by atoms with Crippen LogP contribution in [0.1, 0.15) is 10.6 Å². The van der Waals surface area contributed by atoms with E-state index in [9.17, 15) is 4.79 Å². The van der Waals surface area contributed by atoms with Gasteiger partial charge in [0, 0.05) is 18.9 Å². The lowest BCUT2D eigenvalue weighted by molar-refractivity contribution is 0.0935. The van der Waals surface area contributed by atoms with Crippen molar-refractivity contribution in [3.63, 3.8) is 0 Å². The van der Waals surface area contributed by atoms with Crippen LogP contribution >= 0.6 is 0 Å². The molecule has 0 fully saturated rings. The van der Waals surface area contributed by atoms with Crippen molar-refractivity contribution in [3.8, 4) is 0 Å². The SMILES string of the molecule is O=C(NCCO)c1ncc[nH]1. The summed E-state index contributed by atoms with van der Waals surface area (Å²) in [6.07, 6.45) is 3.06. The van der Waals surface area contributed by atoms with Gasteiger partial charge in [0.05, 0.1) is 6.61 Å². The van der Waals surface area contributed by atoms with E-state index in [-0.39, 0.29) is 24.9 Å². The summed E-state index contributed by atoms with van der Waals surface area (Å²) in [5.41, 5.74) is 0. The summed E-state index contributed by atoms with van der Waals surface area (Å²) in [6.45, 7) is 0.186. The Balaban J connectivity index is 2.43. The van der Waals surface area contributed by atoms with Crippen LogP contribution in [-0.2, 0) is 0 Å². The number of carbonyl (C=O) groups is 1. The second-order valence-electron chi connectivity index (χ2n) is 1.92. The molecule has 1 rings (SSSR count). The standard InChI is InChI=1S/C6H9N3O2/c10-4-3-9-6(11)5-7-1-2-8-5/h1-2,10H,3-4H2,(H,7,8)(H,9,11). The maximum atomic E-state index is 10.9. The van der Waals surface area contributed by atoms with Gasteiger partial charge in [0.25, 0.3) is 5.91 Å². The van der Waals surface area contributed by atoms with Gasteiger partial charge in [-0.2, -0.15) is 0 Å². The minimum Gasteiger partial charge on any atom is -0.395 e. The van der Waals surface area contributed by atoms with Crippen molar-refractivity contribution >= 4 is 5.91 Å². The number of amides is 1. The van der Waals surface area contributed by atoms with Crippen LogP contribution in [0.4, 0.5) is 0 Å². The summed E-state index contributed by atoms with van der Waals surface area (Å²) in [5, 5.41) is 10.8. The highest BCUT2D eigenvalue weighted by Gasteiger charge is 2.04. The number of aliphatic hydroxyl groups excluding tert-OH is 1. The van der Waals surface area contributed by atoms with Crippen LogP contribution in [0, 0.1) is 0 Å². The highest BCUT2D eigenvalue weighted by atomic mass is 16.3. The van der Waals surface area contributed by atoms with Crippen molar-refractivity contribution < 1.29 is 9.90 Å². The molecule has 5 nitrogen and oxygen atoms in total. The fourth-order valence-electron chi connectivity index (χ4n) is 0.643. The summed E-state index contributed by atoms with van der Waals surface area (Å²) in [6, 6.07) is 0. The van der Waals surface area contributed by atoms with Crippen LogP contribution in [-0.4, -0.2) is 34.1 Å². The zero-order chi connectivity index (χ0) is 8.10. The van der Waals surface area contributed by atoms with Crippen LogP contribution in [0.15, 0.2) is 12.4 Å². The first-order valence-electron chi connectivity index (χ1n) is 3.23. The maximum Gasteiger partial charge on any atom is 0.287 e. The van der Waals surface area contributed by atoms with E-state index in [2.05, 4.69) is 15.3 Å². The quantitative estimate of drug-likeness (QED) is 0.531. The highest BCUT2D eigenvalue weighted by molar-refractivity contribution is 5.90. The van der Waals surface area contributed by atoms with E-state index >= 15 is 0 Å². The molecule has 0 atom stereocenters. The number of hydrogen-bond donors (Lipinski definition) is 3. The number of nitrogens with zero attached hydrogens (tertiary/aromatic N) is 1. The molecular weight excluding hydrogens is 146 g/mol. The van der Waals surface area contributed by atoms with Gasteiger partial charge >= 0.3 is 0 Å². The molecule has 0 saturated heterocycles. The summed E-state index contributed by atoms with van der Waals surface area (Å²) < 4.78 is 0. The van der Waals surface area contributed by atoms with Crippen molar-refractivity contribution in [2.24, 2.45) is 0 Å². The smallest absolute Gasteiger partial charge is 0.287 e. The number of imidazole rings is 1. The van der Waals surface area contributed by atoms with Gasteiger partial charge in [-0.1, -0.05) is 0 Å². The topological polar surface area (TPSA) is 78.0 Å². The molecule has 0 radical (unpaired) electrons. The molecule has 1 aromatic rings. The van der Waals surface area contributed by atoms with Gasteiger partial charge < -0.3 is 15.4 Å². The molecule has 0 aromatic carbocycles. The average Bonchev–Trinajstić information content (AvgIpc) is 2.52. The number of hydrogen-bond acceptors (Lipinski definition) is 3. The third-order valence-corrected chi connectivity index (χ3v) is 1.11.